The van der Waals surface area contributed by atoms with Gasteiger partial charge >= 0.3 is 0 Å². The summed E-state index contributed by atoms with van der Waals surface area (Å²) in [5, 5.41) is 3.46. The zero-order valence-electron chi connectivity index (χ0n) is 24.0. The zero-order valence-corrected chi connectivity index (χ0v) is 24.0. The molecule has 212 valence electrons. The zero-order chi connectivity index (χ0) is 29.5. The standard InChI is InChI=1S/C38H25N7/c1-4-12-25-24(11-1)21-39-34(25)36-26(31-19-22-9-2-5-13-27(22)40-31)17-18-33-44-35(38-42-29-15-7-8-16-30(29)43-38)37(45(33)36)32-20-23-10-3-6-14-28(23)41-32/h1-19,21,39-40H,20H2,(H,42,43). The van der Waals surface area contributed by atoms with Crippen molar-refractivity contribution in [3.05, 3.63) is 133 Å². The summed E-state index contributed by atoms with van der Waals surface area (Å²) in [4.78, 5) is 26.4. The lowest BCUT2D eigenvalue weighted by Crippen LogP contribution is -2.09. The number of aromatic amines is 3. The molecule has 5 aromatic heterocycles. The van der Waals surface area contributed by atoms with Gasteiger partial charge in [0.05, 0.1) is 39.5 Å². The molecule has 0 bridgehead atoms. The van der Waals surface area contributed by atoms with Crippen LogP contribution in [0.4, 0.5) is 5.69 Å². The number of hydrogen-bond acceptors (Lipinski definition) is 3. The number of benzene rings is 4. The Hall–Kier alpha value is -6.21. The van der Waals surface area contributed by atoms with E-state index in [0.717, 1.165) is 84.2 Å². The van der Waals surface area contributed by atoms with Gasteiger partial charge in [0.1, 0.15) is 11.3 Å². The van der Waals surface area contributed by atoms with Crippen molar-refractivity contribution in [1.82, 2.24) is 29.3 Å². The Balaban J connectivity index is 1.34. The highest BCUT2D eigenvalue weighted by molar-refractivity contribution is 6.11. The maximum atomic E-state index is 5.28. The molecule has 9 aromatic rings. The summed E-state index contributed by atoms with van der Waals surface area (Å²) >= 11 is 0. The van der Waals surface area contributed by atoms with E-state index in [-0.39, 0.29) is 0 Å². The molecule has 0 spiro atoms. The highest BCUT2D eigenvalue weighted by atomic mass is 15.1. The summed E-state index contributed by atoms with van der Waals surface area (Å²) in [6, 6.07) is 39.9. The Kier molecular flexibility index (Phi) is 4.93. The molecular weight excluding hydrogens is 554 g/mol. The lowest BCUT2D eigenvalue weighted by Gasteiger charge is -2.14. The number of para-hydroxylation sites is 4. The van der Waals surface area contributed by atoms with Gasteiger partial charge in [-0.15, -0.1) is 0 Å². The molecular formula is C38H25N7. The van der Waals surface area contributed by atoms with Gasteiger partial charge in [-0.3, -0.25) is 9.39 Å². The van der Waals surface area contributed by atoms with Gasteiger partial charge in [0.15, 0.2) is 5.82 Å². The fourth-order valence-electron chi connectivity index (χ4n) is 6.86. The summed E-state index contributed by atoms with van der Waals surface area (Å²) in [6.07, 6.45) is 2.79. The van der Waals surface area contributed by atoms with Gasteiger partial charge in [-0.2, -0.15) is 0 Å². The number of aromatic nitrogens is 6. The largest absolute Gasteiger partial charge is 0.359 e. The van der Waals surface area contributed by atoms with Gasteiger partial charge in [0.2, 0.25) is 0 Å². The number of hydrogen-bond donors (Lipinski definition) is 3. The molecule has 4 aromatic carbocycles. The van der Waals surface area contributed by atoms with E-state index in [1.807, 2.05) is 24.3 Å². The van der Waals surface area contributed by atoms with E-state index in [1.54, 1.807) is 0 Å². The van der Waals surface area contributed by atoms with E-state index in [2.05, 4.69) is 117 Å². The predicted octanol–water partition coefficient (Wildman–Crippen LogP) is 8.85. The summed E-state index contributed by atoms with van der Waals surface area (Å²) < 4.78 is 2.28. The third-order valence-electron chi connectivity index (χ3n) is 8.93. The van der Waals surface area contributed by atoms with Crippen molar-refractivity contribution in [3.8, 4) is 34.2 Å². The normalized spacial score (nSPS) is 12.9. The number of rotatable bonds is 4. The second-order valence-corrected chi connectivity index (χ2v) is 11.6. The molecule has 0 amide bonds. The lowest BCUT2D eigenvalue weighted by atomic mass is 10.0. The van der Waals surface area contributed by atoms with Crippen LogP contribution in [0.2, 0.25) is 0 Å². The van der Waals surface area contributed by atoms with Crippen molar-refractivity contribution < 1.29 is 0 Å². The third-order valence-corrected chi connectivity index (χ3v) is 8.93. The van der Waals surface area contributed by atoms with Crippen LogP contribution in [0.5, 0.6) is 0 Å². The summed E-state index contributed by atoms with van der Waals surface area (Å²) in [6.45, 7) is 0. The first-order chi connectivity index (χ1) is 22.3. The molecule has 3 N–H and O–H groups in total. The fourth-order valence-corrected chi connectivity index (χ4v) is 6.86. The van der Waals surface area contributed by atoms with Crippen molar-refractivity contribution >= 4 is 49.8 Å². The molecule has 0 atom stereocenters. The molecule has 7 nitrogen and oxygen atoms in total. The SMILES string of the molecule is c1ccc2c(c1)CC(c1c(-c3nc4ccccc4[nH]3)nc3ccc(-c4cc5ccccc5[nH]4)c(-c4[nH]cc5ccccc45)n13)=N2. The quantitative estimate of drug-likeness (QED) is 0.194. The van der Waals surface area contributed by atoms with Crippen LogP contribution in [-0.4, -0.2) is 35.0 Å². The average Bonchev–Trinajstić information content (AvgIpc) is 3.90. The maximum Gasteiger partial charge on any atom is 0.159 e. The van der Waals surface area contributed by atoms with Gasteiger partial charge in [0, 0.05) is 40.2 Å². The number of aliphatic imine (C=N–C) groups is 1. The van der Waals surface area contributed by atoms with Crippen molar-refractivity contribution in [2.24, 2.45) is 4.99 Å². The second kappa shape index (κ2) is 9.14. The first-order valence-electron chi connectivity index (χ1n) is 15.1. The minimum absolute atomic E-state index is 0.707. The van der Waals surface area contributed by atoms with Gasteiger partial charge in [0.25, 0.3) is 0 Å². The molecule has 0 fully saturated rings. The van der Waals surface area contributed by atoms with Crippen LogP contribution in [0, 0.1) is 0 Å². The molecule has 0 radical (unpaired) electrons. The molecule has 0 aliphatic carbocycles. The molecule has 0 unspecified atom stereocenters. The number of H-pyrrole nitrogens is 3. The van der Waals surface area contributed by atoms with E-state index in [0.29, 0.717) is 6.42 Å². The van der Waals surface area contributed by atoms with Crippen LogP contribution in [0.25, 0.3) is 72.5 Å². The van der Waals surface area contributed by atoms with E-state index in [9.17, 15) is 0 Å². The van der Waals surface area contributed by atoms with Crippen molar-refractivity contribution in [3.63, 3.8) is 0 Å². The number of pyridine rings is 1. The van der Waals surface area contributed by atoms with E-state index in [1.165, 1.54) is 10.9 Å². The Bertz CT molecular complexity index is 2580. The Morgan fingerprint density at radius 2 is 1.47 bits per heavy atom. The third kappa shape index (κ3) is 3.61. The van der Waals surface area contributed by atoms with Gasteiger partial charge in [-0.05, 0) is 53.4 Å². The predicted molar refractivity (Wildman–Crippen MR) is 181 cm³/mol. The number of fused-ring (bicyclic) bond motifs is 5. The summed E-state index contributed by atoms with van der Waals surface area (Å²) in [5.74, 6) is 0.725. The van der Waals surface area contributed by atoms with Crippen LogP contribution >= 0.6 is 0 Å². The molecule has 1 aliphatic heterocycles. The van der Waals surface area contributed by atoms with E-state index in [4.69, 9.17) is 15.0 Å². The highest BCUT2D eigenvalue weighted by Gasteiger charge is 2.29. The van der Waals surface area contributed by atoms with Crippen LogP contribution < -0.4 is 0 Å². The summed E-state index contributed by atoms with van der Waals surface area (Å²) in [5.41, 5.74) is 12.8. The average molecular weight is 580 g/mol. The first kappa shape index (κ1) is 24.3. The van der Waals surface area contributed by atoms with E-state index >= 15 is 0 Å². The number of nitrogens with one attached hydrogen (secondary N) is 3. The Labute approximate surface area is 257 Å². The highest BCUT2D eigenvalue weighted by Crippen LogP contribution is 2.41. The molecule has 0 saturated heterocycles. The fraction of sp³-hybridized carbons (Fsp3) is 0.0263. The van der Waals surface area contributed by atoms with Crippen molar-refractivity contribution in [2.45, 2.75) is 6.42 Å². The monoisotopic (exact) mass is 579 g/mol. The van der Waals surface area contributed by atoms with Crippen LogP contribution in [-0.2, 0) is 6.42 Å². The topological polar surface area (TPSA) is 89.9 Å². The minimum atomic E-state index is 0.707. The van der Waals surface area contributed by atoms with Gasteiger partial charge < -0.3 is 15.0 Å². The molecule has 6 heterocycles. The first-order valence-corrected chi connectivity index (χ1v) is 15.1. The Morgan fingerprint density at radius 3 is 2.36 bits per heavy atom. The van der Waals surface area contributed by atoms with Crippen molar-refractivity contribution in [2.75, 3.05) is 0 Å². The molecule has 1 aliphatic rings. The van der Waals surface area contributed by atoms with E-state index < -0.39 is 0 Å². The second-order valence-electron chi connectivity index (χ2n) is 11.6. The number of nitrogens with zero attached hydrogens (tertiary/aromatic N) is 4. The van der Waals surface area contributed by atoms with Gasteiger partial charge in [-0.1, -0.05) is 72.8 Å². The van der Waals surface area contributed by atoms with Crippen molar-refractivity contribution in [1.29, 1.82) is 0 Å². The molecule has 10 rings (SSSR count). The van der Waals surface area contributed by atoms with Crippen LogP contribution in [0.1, 0.15) is 11.3 Å². The molecule has 45 heavy (non-hydrogen) atoms. The molecule has 0 saturated carbocycles. The lowest BCUT2D eigenvalue weighted by molar-refractivity contribution is 1.15. The van der Waals surface area contributed by atoms with Crippen LogP contribution in [0.15, 0.2) is 126 Å². The van der Waals surface area contributed by atoms with Crippen LogP contribution in [0.3, 0.4) is 0 Å². The number of imidazole rings is 2. The minimum Gasteiger partial charge on any atom is -0.359 e. The van der Waals surface area contributed by atoms with Gasteiger partial charge in [-0.25, -0.2) is 9.97 Å². The maximum absolute atomic E-state index is 5.28. The molecule has 7 heteroatoms. The smallest absolute Gasteiger partial charge is 0.159 e. The summed E-state index contributed by atoms with van der Waals surface area (Å²) in [7, 11) is 0. The Morgan fingerprint density at radius 1 is 0.667 bits per heavy atom.